The van der Waals surface area contributed by atoms with Gasteiger partial charge in [0.05, 0.1) is 0 Å². The number of urea groups is 1. The summed E-state index contributed by atoms with van der Waals surface area (Å²) in [7, 11) is 0. The van der Waals surface area contributed by atoms with Crippen molar-refractivity contribution in [3.8, 4) is 0 Å². The molecule has 0 bridgehead atoms. The number of anilines is 1. The number of rotatable bonds is 5. The standard InChI is InChI=1S/C24H29N3O2/c28-23(27-16-15-19-11-7-8-14-22(19)27)21(17-18-9-3-1-4-10-18)26-24(29)25-20-12-5-2-6-13-20/h1,3-4,7-11,14,20-21H,2,5-6,12-13,15-17H2,(H2,25,26,29)/t21-/m0/s1. The first-order valence-electron chi connectivity index (χ1n) is 10.7. The Labute approximate surface area is 172 Å². The highest BCUT2D eigenvalue weighted by Crippen LogP contribution is 2.28. The average Bonchev–Trinajstić information content (AvgIpc) is 3.18. The predicted octanol–water partition coefficient (Wildman–Crippen LogP) is 3.82. The first-order chi connectivity index (χ1) is 14.2. The molecule has 2 aromatic carbocycles. The number of carbonyl (C=O) groups is 2. The lowest BCUT2D eigenvalue weighted by atomic mass is 9.96. The molecule has 1 saturated carbocycles. The Hall–Kier alpha value is -2.82. The number of nitrogens with one attached hydrogen (secondary N) is 2. The van der Waals surface area contributed by atoms with Gasteiger partial charge in [-0.2, -0.15) is 0 Å². The van der Waals surface area contributed by atoms with Crippen LogP contribution in [0.15, 0.2) is 54.6 Å². The van der Waals surface area contributed by atoms with Crippen molar-refractivity contribution in [3.63, 3.8) is 0 Å². The van der Waals surface area contributed by atoms with Gasteiger partial charge < -0.3 is 15.5 Å². The Morgan fingerprint density at radius 1 is 0.966 bits per heavy atom. The van der Waals surface area contributed by atoms with E-state index in [0.717, 1.165) is 43.4 Å². The molecule has 0 aromatic heterocycles. The van der Waals surface area contributed by atoms with Gasteiger partial charge >= 0.3 is 6.03 Å². The monoisotopic (exact) mass is 391 g/mol. The van der Waals surface area contributed by atoms with Gasteiger partial charge in [0.2, 0.25) is 5.91 Å². The van der Waals surface area contributed by atoms with E-state index in [1.54, 1.807) is 0 Å². The molecule has 0 saturated heterocycles. The van der Waals surface area contributed by atoms with Crippen LogP contribution in [0.4, 0.5) is 10.5 Å². The molecule has 3 amide bonds. The molecular weight excluding hydrogens is 362 g/mol. The minimum atomic E-state index is -0.591. The van der Waals surface area contributed by atoms with Gasteiger partial charge in [-0.25, -0.2) is 4.79 Å². The van der Waals surface area contributed by atoms with Crippen molar-refractivity contribution in [2.75, 3.05) is 11.4 Å². The SMILES string of the molecule is O=C(NC1CCCCC1)N[C@@H](Cc1ccccc1)C(=O)N1CCc2ccccc21. The fraction of sp³-hybridized carbons (Fsp3) is 0.417. The second-order valence-electron chi connectivity index (χ2n) is 8.06. The number of benzene rings is 2. The van der Waals surface area contributed by atoms with Gasteiger partial charge in [-0.3, -0.25) is 4.79 Å². The zero-order valence-corrected chi connectivity index (χ0v) is 16.8. The number of para-hydroxylation sites is 1. The van der Waals surface area contributed by atoms with E-state index in [4.69, 9.17) is 0 Å². The molecule has 1 fully saturated rings. The van der Waals surface area contributed by atoms with Crippen LogP contribution < -0.4 is 15.5 Å². The number of amides is 3. The first kappa shape index (κ1) is 19.5. The molecule has 5 nitrogen and oxygen atoms in total. The van der Waals surface area contributed by atoms with Crippen molar-refractivity contribution in [2.24, 2.45) is 0 Å². The summed E-state index contributed by atoms with van der Waals surface area (Å²) in [6.45, 7) is 0.662. The van der Waals surface area contributed by atoms with Crippen LogP contribution in [0.1, 0.15) is 43.2 Å². The predicted molar refractivity (Wildman–Crippen MR) is 115 cm³/mol. The lowest BCUT2D eigenvalue weighted by molar-refractivity contribution is -0.120. The molecule has 0 spiro atoms. The van der Waals surface area contributed by atoms with E-state index in [9.17, 15) is 9.59 Å². The minimum Gasteiger partial charge on any atom is -0.335 e. The van der Waals surface area contributed by atoms with Gasteiger partial charge in [0.15, 0.2) is 0 Å². The Morgan fingerprint density at radius 3 is 2.48 bits per heavy atom. The van der Waals surface area contributed by atoms with E-state index in [2.05, 4.69) is 16.7 Å². The summed E-state index contributed by atoms with van der Waals surface area (Å²) in [5, 5.41) is 6.06. The van der Waals surface area contributed by atoms with Crippen LogP contribution in [0, 0.1) is 0 Å². The second kappa shape index (κ2) is 9.12. The summed E-state index contributed by atoms with van der Waals surface area (Å²) in [5.41, 5.74) is 3.19. The molecule has 0 unspecified atom stereocenters. The molecule has 1 heterocycles. The van der Waals surface area contributed by atoms with Crippen LogP contribution >= 0.6 is 0 Å². The van der Waals surface area contributed by atoms with E-state index in [1.165, 1.54) is 12.0 Å². The second-order valence-corrected chi connectivity index (χ2v) is 8.06. The fourth-order valence-electron chi connectivity index (χ4n) is 4.44. The van der Waals surface area contributed by atoms with Gasteiger partial charge in [0.25, 0.3) is 0 Å². The molecule has 2 N–H and O–H groups in total. The number of fused-ring (bicyclic) bond motifs is 1. The third kappa shape index (κ3) is 4.78. The number of hydrogen-bond acceptors (Lipinski definition) is 2. The van der Waals surface area contributed by atoms with Gasteiger partial charge in [0.1, 0.15) is 6.04 Å². The molecule has 4 rings (SSSR count). The highest BCUT2D eigenvalue weighted by Gasteiger charge is 2.31. The van der Waals surface area contributed by atoms with E-state index < -0.39 is 6.04 Å². The summed E-state index contributed by atoms with van der Waals surface area (Å²) in [5.74, 6) is -0.0439. The highest BCUT2D eigenvalue weighted by atomic mass is 16.2. The van der Waals surface area contributed by atoms with E-state index >= 15 is 0 Å². The third-order valence-electron chi connectivity index (χ3n) is 5.98. The summed E-state index contributed by atoms with van der Waals surface area (Å²) in [6.07, 6.45) is 6.92. The minimum absolute atomic E-state index is 0.0439. The van der Waals surface area contributed by atoms with Crippen LogP contribution in [0.5, 0.6) is 0 Å². The first-order valence-corrected chi connectivity index (χ1v) is 10.7. The molecule has 0 radical (unpaired) electrons. The van der Waals surface area contributed by atoms with Crippen molar-refractivity contribution in [1.29, 1.82) is 0 Å². The van der Waals surface area contributed by atoms with E-state index in [0.29, 0.717) is 13.0 Å². The van der Waals surface area contributed by atoms with Gasteiger partial charge in [0, 0.05) is 24.7 Å². The van der Waals surface area contributed by atoms with Crippen LogP contribution in [0.3, 0.4) is 0 Å². The maximum absolute atomic E-state index is 13.4. The van der Waals surface area contributed by atoms with Crippen molar-refractivity contribution < 1.29 is 9.59 Å². The van der Waals surface area contributed by atoms with Crippen LogP contribution in [0.2, 0.25) is 0 Å². The zero-order chi connectivity index (χ0) is 20.1. The van der Waals surface area contributed by atoms with Gasteiger partial charge in [-0.15, -0.1) is 0 Å². The quantitative estimate of drug-likeness (QED) is 0.814. The lowest BCUT2D eigenvalue weighted by Gasteiger charge is -2.27. The smallest absolute Gasteiger partial charge is 0.315 e. The lowest BCUT2D eigenvalue weighted by Crippen LogP contribution is -2.53. The Morgan fingerprint density at radius 2 is 1.69 bits per heavy atom. The molecule has 1 aliphatic carbocycles. The topological polar surface area (TPSA) is 61.4 Å². The number of carbonyl (C=O) groups excluding carboxylic acids is 2. The summed E-state index contributed by atoms with van der Waals surface area (Å²) in [6, 6.07) is 17.3. The Balaban J connectivity index is 1.49. The van der Waals surface area contributed by atoms with Crippen LogP contribution in [-0.4, -0.2) is 30.6 Å². The van der Waals surface area contributed by atoms with Crippen molar-refractivity contribution >= 4 is 17.6 Å². The van der Waals surface area contributed by atoms with Crippen molar-refractivity contribution in [3.05, 3.63) is 65.7 Å². The normalized spacial score (nSPS) is 17.4. The van der Waals surface area contributed by atoms with E-state index in [1.807, 2.05) is 53.4 Å². The average molecular weight is 392 g/mol. The molecule has 2 aromatic rings. The molecule has 29 heavy (non-hydrogen) atoms. The number of hydrogen-bond donors (Lipinski definition) is 2. The highest BCUT2D eigenvalue weighted by molar-refractivity contribution is 6.00. The van der Waals surface area contributed by atoms with Crippen LogP contribution in [-0.2, 0) is 17.6 Å². The van der Waals surface area contributed by atoms with E-state index in [-0.39, 0.29) is 18.0 Å². The van der Waals surface area contributed by atoms with Crippen molar-refractivity contribution in [2.45, 2.75) is 57.0 Å². The van der Waals surface area contributed by atoms with Gasteiger partial charge in [-0.1, -0.05) is 67.8 Å². The molecule has 152 valence electrons. The molecule has 5 heteroatoms. The summed E-state index contributed by atoms with van der Waals surface area (Å²) < 4.78 is 0. The molecule has 1 aliphatic heterocycles. The maximum Gasteiger partial charge on any atom is 0.315 e. The zero-order valence-electron chi connectivity index (χ0n) is 16.8. The molecule has 2 aliphatic rings. The third-order valence-corrected chi connectivity index (χ3v) is 5.98. The maximum atomic E-state index is 13.4. The summed E-state index contributed by atoms with van der Waals surface area (Å²) in [4.78, 5) is 27.9. The Kier molecular flexibility index (Phi) is 6.13. The molecule has 1 atom stereocenters. The molecular formula is C24H29N3O2. The largest absolute Gasteiger partial charge is 0.335 e. The number of nitrogens with zero attached hydrogens (tertiary/aromatic N) is 1. The summed E-state index contributed by atoms with van der Waals surface area (Å²) >= 11 is 0. The van der Waals surface area contributed by atoms with Crippen LogP contribution in [0.25, 0.3) is 0 Å². The fourth-order valence-corrected chi connectivity index (χ4v) is 4.44. The van der Waals surface area contributed by atoms with Gasteiger partial charge in [-0.05, 0) is 36.5 Å². The van der Waals surface area contributed by atoms with Crippen molar-refractivity contribution in [1.82, 2.24) is 10.6 Å². The Bertz CT molecular complexity index is 846.